The summed E-state index contributed by atoms with van der Waals surface area (Å²) in [5, 5.41) is 9.44. The zero-order valence-corrected chi connectivity index (χ0v) is 21.7. The highest BCUT2D eigenvalue weighted by atomic mass is 127. The average molecular weight is 597 g/mol. The van der Waals surface area contributed by atoms with Crippen molar-refractivity contribution >= 4 is 40.4 Å². The summed E-state index contributed by atoms with van der Waals surface area (Å²) in [5.74, 6) is -2.92. The van der Waals surface area contributed by atoms with Crippen molar-refractivity contribution in [2.45, 2.75) is 26.5 Å². The molecule has 2 aliphatic heterocycles. The summed E-state index contributed by atoms with van der Waals surface area (Å²) in [6, 6.07) is 4.90. The maximum atomic E-state index is 13.1. The van der Waals surface area contributed by atoms with Gasteiger partial charge in [0, 0.05) is 11.5 Å². The number of β-lactam (4-membered cyclic amide) rings is 1. The predicted molar refractivity (Wildman–Crippen MR) is 133 cm³/mol. The van der Waals surface area contributed by atoms with Gasteiger partial charge < -0.3 is 19.5 Å². The number of aliphatic hydroxyl groups excluding tert-OH is 1. The Balaban J connectivity index is 1.85. The fraction of sp³-hybridized carbons (Fsp3) is 0.400. The molecular weight excluding hydrogens is 569 g/mol. The highest BCUT2D eigenvalue weighted by Crippen LogP contribution is 2.49. The lowest BCUT2D eigenvalue weighted by molar-refractivity contribution is -0.271. The van der Waals surface area contributed by atoms with E-state index in [1.807, 2.05) is 13.0 Å². The molecule has 1 aromatic carbocycles. The molecule has 9 nitrogen and oxygen atoms in total. The molecule has 4 atom stereocenters. The van der Waals surface area contributed by atoms with Crippen LogP contribution in [0.25, 0.3) is 0 Å². The van der Waals surface area contributed by atoms with Crippen LogP contribution in [0.15, 0.2) is 54.8 Å². The largest absolute Gasteiger partial charge is 0.488 e. The van der Waals surface area contributed by atoms with Crippen molar-refractivity contribution in [3.8, 4) is 5.75 Å². The van der Waals surface area contributed by atoms with E-state index in [0.717, 1.165) is 3.57 Å². The second-order valence-corrected chi connectivity index (χ2v) is 9.41. The van der Waals surface area contributed by atoms with E-state index in [1.165, 1.54) is 17.1 Å². The summed E-state index contributed by atoms with van der Waals surface area (Å²) < 4.78 is 12.1. The van der Waals surface area contributed by atoms with Gasteiger partial charge in [-0.3, -0.25) is 9.68 Å². The van der Waals surface area contributed by atoms with Gasteiger partial charge in [0.1, 0.15) is 31.3 Å². The highest BCUT2D eigenvalue weighted by molar-refractivity contribution is 14.1. The van der Waals surface area contributed by atoms with E-state index in [2.05, 4.69) is 35.7 Å². The molecule has 3 rings (SSSR count). The average Bonchev–Trinajstić information content (AvgIpc) is 3.10. The molecule has 2 heterocycles. The molecule has 0 bridgehead atoms. The number of aliphatic hydroxyl groups is 1. The lowest BCUT2D eigenvalue weighted by Gasteiger charge is -2.47. The van der Waals surface area contributed by atoms with Crippen LogP contribution >= 0.6 is 22.6 Å². The van der Waals surface area contributed by atoms with Crippen LogP contribution in [0.2, 0.25) is 0 Å². The molecule has 1 saturated heterocycles. The predicted octanol–water partition coefficient (Wildman–Crippen LogP) is 2.92. The standard InChI is InChI=1S/C25H28INO8/c1-5-9-32-25(31)22-17(13-33-19-11-16(12-28)7-8-18(19)26)14(3)21-20(23(29)27(21)22)15(4)24(30)35-34-10-6-2/h5-8,11,14-15,20-21,28H,1-2,9-10,12-13H2,3-4H3. The Morgan fingerprint density at radius 3 is 2.63 bits per heavy atom. The maximum Gasteiger partial charge on any atom is 0.355 e. The normalized spacial score (nSPS) is 21.7. The summed E-state index contributed by atoms with van der Waals surface area (Å²) >= 11 is 2.12. The Hall–Kier alpha value is -2.70. The van der Waals surface area contributed by atoms with Crippen LogP contribution in [0.1, 0.15) is 19.4 Å². The van der Waals surface area contributed by atoms with Gasteiger partial charge in [-0.2, -0.15) is 4.89 Å². The van der Waals surface area contributed by atoms with Crippen molar-refractivity contribution in [2.75, 3.05) is 19.8 Å². The zero-order chi connectivity index (χ0) is 25.7. The summed E-state index contributed by atoms with van der Waals surface area (Å²) in [7, 11) is 0. The summed E-state index contributed by atoms with van der Waals surface area (Å²) in [4.78, 5) is 49.4. The topological polar surface area (TPSA) is 112 Å². The van der Waals surface area contributed by atoms with Crippen LogP contribution in [-0.4, -0.2) is 53.7 Å². The smallest absolute Gasteiger partial charge is 0.355 e. The van der Waals surface area contributed by atoms with Crippen molar-refractivity contribution in [3.63, 3.8) is 0 Å². The zero-order valence-electron chi connectivity index (χ0n) is 19.6. The number of hydrogen-bond acceptors (Lipinski definition) is 8. The highest BCUT2D eigenvalue weighted by Gasteiger charge is 2.61. The quantitative estimate of drug-likeness (QED) is 0.0745. The molecule has 2 aliphatic rings. The van der Waals surface area contributed by atoms with E-state index in [1.54, 1.807) is 19.1 Å². The molecule has 1 fully saturated rings. The summed E-state index contributed by atoms with van der Waals surface area (Å²) in [6.45, 7) is 10.4. The van der Waals surface area contributed by atoms with Crippen molar-refractivity contribution in [3.05, 3.63) is 63.9 Å². The second-order valence-electron chi connectivity index (χ2n) is 8.25. The minimum absolute atomic E-state index is 0.0131. The summed E-state index contributed by atoms with van der Waals surface area (Å²) in [6.07, 6.45) is 2.87. The number of fused-ring (bicyclic) bond motifs is 1. The number of nitrogens with zero attached hydrogens (tertiary/aromatic N) is 1. The van der Waals surface area contributed by atoms with Crippen LogP contribution in [0, 0.1) is 21.3 Å². The third-order valence-electron chi connectivity index (χ3n) is 6.12. The molecule has 10 heteroatoms. The first-order valence-electron chi connectivity index (χ1n) is 11.1. The first-order valence-corrected chi connectivity index (χ1v) is 12.1. The molecule has 0 saturated carbocycles. The second kappa shape index (κ2) is 11.8. The van der Waals surface area contributed by atoms with Crippen LogP contribution in [0.4, 0.5) is 0 Å². The van der Waals surface area contributed by atoms with Gasteiger partial charge in [-0.15, -0.1) is 6.58 Å². The summed E-state index contributed by atoms with van der Waals surface area (Å²) in [5.41, 5.74) is 1.40. The van der Waals surface area contributed by atoms with E-state index >= 15 is 0 Å². The molecule has 1 N–H and O–H groups in total. The van der Waals surface area contributed by atoms with E-state index in [-0.39, 0.29) is 43.9 Å². The van der Waals surface area contributed by atoms with Gasteiger partial charge >= 0.3 is 11.9 Å². The first-order chi connectivity index (χ1) is 16.8. The van der Waals surface area contributed by atoms with Gasteiger partial charge in [0.25, 0.3) is 0 Å². The molecule has 1 amide bonds. The Bertz CT molecular complexity index is 1050. The van der Waals surface area contributed by atoms with Gasteiger partial charge in [-0.05, 0) is 40.3 Å². The molecule has 0 radical (unpaired) electrons. The van der Waals surface area contributed by atoms with Crippen molar-refractivity contribution in [1.29, 1.82) is 0 Å². The molecule has 1 aromatic rings. The molecule has 188 valence electrons. The van der Waals surface area contributed by atoms with Crippen LogP contribution in [0.3, 0.4) is 0 Å². The fourth-order valence-electron chi connectivity index (χ4n) is 4.32. The third kappa shape index (κ3) is 5.44. The van der Waals surface area contributed by atoms with E-state index in [4.69, 9.17) is 19.2 Å². The Kier molecular flexibility index (Phi) is 9.09. The third-order valence-corrected chi connectivity index (χ3v) is 7.01. The maximum absolute atomic E-state index is 13.1. The van der Waals surface area contributed by atoms with Gasteiger partial charge in [0.2, 0.25) is 5.91 Å². The van der Waals surface area contributed by atoms with Gasteiger partial charge in [0.15, 0.2) is 0 Å². The number of hydrogen-bond donors (Lipinski definition) is 1. The number of ether oxygens (including phenoxy) is 2. The van der Waals surface area contributed by atoms with Crippen LogP contribution in [-0.2, 0) is 35.5 Å². The number of amides is 1. The molecule has 0 aromatic heterocycles. The van der Waals surface area contributed by atoms with E-state index < -0.39 is 29.8 Å². The van der Waals surface area contributed by atoms with Crippen LogP contribution < -0.4 is 4.74 Å². The van der Waals surface area contributed by atoms with Gasteiger partial charge in [-0.25, -0.2) is 9.59 Å². The lowest BCUT2D eigenvalue weighted by atomic mass is 9.74. The number of carbonyl (C=O) groups excluding carboxylic acids is 3. The number of esters is 1. The molecule has 4 unspecified atom stereocenters. The number of rotatable bonds is 12. The number of halogens is 1. The minimum atomic E-state index is -0.788. The monoisotopic (exact) mass is 597 g/mol. The van der Waals surface area contributed by atoms with Crippen molar-refractivity contribution in [2.24, 2.45) is 17.8 Å². The Labute approximate surface area is 217 Å². The van der Waals surface area contributed by atoms with Gasteiger partial charge in [-0.1, -0.05) is 38.6 Å². The SMILES string of the molecule is C=CCOOC(=O)C(C)C1C(=O)N2C(C(=O)OCC=C)=C(COc3cc(CO)ccc3I)C(C)C12. The minimum Gasteiger partial charge on any atom is -0.488 e. The van der Waals surface area contributed by atoms with E-state index in [0.29, 0.717) is 16.9 Å². The molecule has 35 heavy (non-hydrogen) atoms. The number of benzene rings is 1. The Morgan fingerprint density at radius 2 is 1.97 bits per heavy atom. The van der Waals surface area contributed by atoms with Crippen molar-refractivity contribution < 1.29 is 38.7 Å². The molecular formula is C25H28INO8. The first kappa shape index (κ1) is 26.9. The van der Waals surface area contributed by atoms with Crippen LogP contribution in [0.5, 0.6) is 5.75 Å². The van der Waals surface area contributed by atoms with E-state index in [9.17, 15) is 19.5 Å². The Morgan fingerprint density at radius 1 is 1.26 bits per heavy atom. The fourth-order valence-corrected chi connectivity index (χ4v) is 4.81. The van der Waals surface area contributed by atoms with Crippen molar-refractivity contribution in [1.82, 2.24) is 4.90 Å². The molecule has 0 spiro atoms. The number of carbonyl (C=O) groups is 3. The lowest BCUT2D eigenvalue weighted by Crippen LogP contribution is -2.63. The van der Waals surface area contributed by atoms with Gasteiger partial charge in [0.05, 0.1) is 28.1 Å². The molecule has 0 aliphatic carbocycles.